The molecule has 6 rings (SSSR count). The molecule has 2 aromatic heterocycles. The normalized spacial score (nSPS) is 20.0. The molecule has 1 fully saturated rings. The van der Waals surface area contributed by atoms with Crippen LogP contribution in [0.3, 0.4) is 0 Å². The Kier molecular flexibility index (Phi) is 11.1. The van der Waals surface area contributed by atoms with Gasteiger partial charge in [0.25, 0.3) is 0 Å². The van der Waals surface area contributed by atoms with Crippen LogP contribution in [0.5, 0.6) is 5.75 Å². The molecule has 1 saturated heterocycles. The van der Waals surface area contributed by atoms with Gasteiger partial charge in [0.15, 0.2) is 12.0 Å². The van der Waals surface area contributed by atoms with Gasteiger partial charge in [-0.1, -0.05) is 54.0 Å². The van der Waals surface area contributed by atoms with Crippen molar-refractivity contribution in [2.75, 3.05) is 19.8 Å². The predicted octanol–water partition coefficient (Wildman–Crippen LogP) is 3.81. The number of pyridine rings is 2. The highest BCUT2D eigenvalue weighted by atomic mass is 16.7. The van der Waals surface area contributed by atoms with Crippen LogP contribution >= 0.6 is 0 Å². The first-order valence-corrected chi connectivity index (χ1v) is 15.7. The number of benzene rings is 3. The summed E-state index contributed by atoms with van der Waals surface area (Å²) in [4.78, 5) is 8.16. The van der Waals surface area contributed by atoms with Gasteiger partial charge in [0.2, 0.25) is 0 Å². The number of nitrogens with zero attached hydrogens (tertiary/aromatic N) is 2. The second kappa shape index (κ2) is 16.2. The van der Waals surface area contributed by atoms with Crippen molar-refractivity contribution in [2.24, 2.45) is 0 Å². The number of hydrogen-bond acceptors (Lipinski definition) is 9. The fraction of sp³-hybridized carbons (Fsp3) is 0.200. The van der Waals surface area contributed by atoms with Gasteiger partial charge in [0.05, 0.1) is 24.3 Å². The summed E-state index contributed by atoms with van der Waals surface area (Å²) in [5.41, 5.74) is 7.12. The Bertz CT molecular complexity index is 1830. The maximum Gasteiger partial charge on any atom is 0.186 e. The zero-order valence-corrected chi connectivity index (χ0v) is 26.4. The van der Waals surface area contributed by atoms with Crippen LogP contribution in [0.15, 0.2) is 116 Å². The smallest absolute Gasteiger partial charge is 0.186 e. The maximum atomic E-state index is 10.3. The van der Waals surface area contributed by atoms with E-state index in [-0.39, 0.29) is 13.2 Å². The van der Waals surface area contributed by atoms with Crippen molar-refractivity contribution in [3.63, 3.8) is 0 Å². The summed E-state index contributed by atoms with van der Waals surface area (Å²) in [5.74, 6) is 13.3. The molecule has 246 valence electrons. The van der Waals surface area contributed by atoms with Crippen LogP contribution < -0.4 is 4.74 Å². The first-order valence-electron chi connectivity index (χ1n) is 15.7. The van der Waals surface area contributed by atoms with Gasteiger partial charge in [-0.25, -0.2) is 0 Å². The van der Waals surface area contributed by atoms with Crippen molar-refractivity contribution in [2.45, 2.75) is 30.7 Å². The molecule has 0 radical (unpaired) electrons. The Hall–Kier alpha value is -5.36. The Morgan fingerprint density at radius 1 is 0.571 bits per heavy atom. The van der Waals surface area contributed by atoms with Gasteiger partial charge in [-0.15, -0.1) is 0 Å². The Labute approximate surface area is 284 Å². The fourth-order valence-corrected chi connectivity index (χ4v) is 5.26. The third-order valence-electron chi connectivity index (χ3n) is 7.96. The molecule has 5 aromatic rings. The monoisotopic (exact) mass is 654 g/mol. The standard InChI is InChI=1S/C40H34N2O7/c43-26-35-36(44)37(45)38(46)40(49-35)48-25-24-47-39-33(14-8-27-4-10-29(11-5-27)31-16-20-41-21-17-31)2-1-3-34(39)15-9-28-6-12-30(13-7-28)32-18-22-42-23-19-32/h1-7,10-13,16-23,35-38,40,43-46H,24-26H2/t35?,36-,37+,38?,40-/m1/s1. The minimum Gasteiger partial charge on any atom is -0.489 e. The van der Waals surface area contributed by atoms with E-state index in [9.17, 15) is 20.4 Å². The van der Waals surface area contributed by atoms with Crippen LogP contribution in [0.1, 0.15) is 22.3 Å². The molecule has 2 unspecified atom stereocenters. The van der Waals surface area contributed by atoms with Gasteiger partial charge in [0.1, 0.15) is 31.0 Å². The lowest BCUT2D eigenvalue weighted by Gasteiger charge is -2.39. The fourth-order valence-electron chi connectivity index (χ4n) is 5.26. The van der Waals surface area contributed by atoms with E-state index in [0.717, 1.165) is 33.4 Å². The molecule has 3 aromatic carbocycles. The zero-order valence-electron chi connectivity index (χ0n) is 26.4. The lowest BCUT2D eigenvalue weighted by atomic mass is 9.99. The third-order valence-corrected chi connectivity index (χ3v) is 7.96. The van der Waals surface area contributed by atoms with E-state index in [1.807, 2.05) is 91.0 Å². The largest absolute Gasteiger partial charge is 0.489 e. The summed E-state index contributed by atoms with van der Waals surface area (Å²) in [5, 5.41) is 39.9. The number of hydrogen-bond donors (Lipinski definition) is 4. The van der Waals surface area contributed by atoms with Gasteiger partial charge in [0, 0.05) is 35.9 Å². The lowest BCUT2D eigenvalue weighted by molar-refractivity contribution is -0.301. The van der Waals surface area contributed by atoms with Crippen molar-refractivity contribution < 1.29 is 34.6 Å². The van der Waals surface area contributed by atoms with E-state index in [4.69, 9.17) is 14.2 Å². The van der Waals surface area contributed by atoms with Crippen LogP contribution in [-0.2, 0) is 9.47 Å². The second-order valence-electron chi connectivity index (χ2n) is 11.2. The van der Waals surface area contributed by atoms with Gasteiger partial charge >= 0.3 is 0 Å². The van der Waals surface area contributed by atoms with Crippen LogP contribution in [0.4, 0.5) is 0 Å². The van der Waals surface area contributed by atoms with E-state index >= 15 is 0 Å². The zero-order chi connectivity index (χ0) is 34.0. The molecule has 5 atom stereocenters. The minimum atomic E-state index is -1.53. The Balaban J connectivity index is 1.22. The predicted molar refractivity (Wildman–Crippen MR) is 183 cm³/mol. The Morgan fingerprint density at radius 3 is 1.55 bits per heavy atom. The number of para-hydroxylation sites is 1. The molecule has 3 heterocycles. The average molecular weight is 655 g/mol. The molecule has 0 amide bonds. The minimum absolute atomic E-state index is 0.0314. The summed E-state index contributed by atoms with van der Waals surface area (Å²) in [7, 11) is 0. The highest BCUT2D eigenvalue weighted by Crippen LogP contribution is 2.26. The van der Waals surface area contributed by atoms with E-state index < -0.39 is 37.3 Å². The average Bonchev–Trinajstić information content (AvgIpc) is 3.16. The van der Waals surface area contributed by atoms with Gasteiger partial charge < -0.3 is 34.6 Å². The van der Waals surface area contributed by atoms with Gasteiger partial charge in [-0.3, -0.25) is 9.97 Å². The molecule has 0 saturated carbocycles. The first-order chi connectivity index (χ1) is 24.0. The van der Waals surface area contributed by atoms with E-state index in [1.165, 1.54) is 0 Å². The highest BCUT2D eigenvalue weighted by molar-refractivity contribution is 5.66. The van der Waals surface area contributed by atoms with Crippen molar-refractivity contribution in [1.82, 2.24) is 9.97 Å². The molecule has 4 N–H and O–H groups in total. The second-order valence-corrected chi connectivity index (χ2v) is 11.2. The Morgan fingerprint density at radius 2 is 1.06 bits per heavy atom. The van der Waals surface area contributed by atoms with E-state index in [0.29, 0.717) is 16.9 Å². The molecular formula is C40H34N2O7. The SMILES string of the molecule is OCC1O[C@@H](OCCOc2c(C#Cc3ccc(-c4ccncc4)cc3)cccc2C#Cc2ccc(-c3ccncc3)cc2)C(O)[C@@H](O)[C@@H]1O. The molecule has 9 nitrogen and oxygen atoms in total. The first kappa shape index (κ1) is 33.5. The number of aliphatic hydroxyl groups is 4. The summed E-state index contributed by atoms with van der Waals surface area (Å²) in [6, 6.07) is 29.2. The molecule has 0 bridgehead atoms. The molecule has 0 aliphatic carbocycles. The van der Waals surface area contributed by atoms with Gasteiger partial charge in [-0.05, 0) is 82.9 Å². The van der Waals surface area contributed by atoms with Crippen molar-refractivity contribution in [3.05, 3.63) is 138 Å². The van der Waals surface area contributed by atoms with E-state index in [1.54, 1.807) is 24.8 Å². The van der Waals surface area contributed by atoms with Crippen LogP contribution in [0, 0.1) is 23.7 Å². The topological polar surface area (TPSA) is 134 Å². The van der Waals surface area contributed by atoms with Crippen LogP contribution in [-0.4, -0.2) is 80.9 Å². The number of rotatable bonds is 8. The summed E-state index contributed by atoms with van der Waals surface area (Å²) >= 11 is 0. The van der Waals surface area contributed by atoms with E-state index in [2.05, 4.69) is 33.6 Å². The third kappa shape index (κ3) is 8.39. The van der Waals surface area contributed by atoms with Gasteiger partial charge in [-0.2, -0.15) is 0 Å². The summed E-state index contributed by atoms with van der Waals surface area (Å²) < 4.78 is 17.3. The van der Waals surface area contributed by atoms with Crippen LogP contribution in [0.25, 0.3) is 22.3 Å². The molecule has 1 aliphatic heterocycles. The van der Waals surface area contributed by atoms with Crippen molar-refractivity contribution >= 4 is 0 Å². The van der Waals surface area contributed by atoms with Crippen molar-refractivity contribution in [1.29, 1.82) is 0 Å². The summed E-state index contributed by atoms with van der Waals surface area (Å²) in [6.07, 6.45) is 0.180. The molecule has 1 aliphatic rings. The summed E-state index contributed by atoms with van der Waals surface area (Å²) in [6.45, 7) is -0.553. The maximum absolute atomic E-state index is 10.3. The molecular weight excluding hydrogens is 620 g/mol. The van der Waals surface area contributed by atoms with Crippen molar-refractivity contribution in [3.8, 4) is 51.7 Å². The van der Waals surface area contributed by atoms with Crippen LogP contribution in [0.2, 0.25) is 0 Å². The number of aliphatic hydroxyl groups excluding tert-OH is 4. The lowest BCUT2D eigenvalue weighted by Crippen LogP contribution is -2.59. The molecule has 9 heteroatoms. The number of ether oxygens (including phenoxy) is 3. The molecule has 49 heavy (non-hydrogen) atoms. The molecule has 0 spiro atoms. The number of aromatic nitrogens is 2. The highest BCUT2D eigenvalue weighted by Gasteiger charge is 2.43. The quantitative estimate of drug-likeness (QED) is 0.146.